The fraction of sp³-hybridized carbons (Fsp3) is 0.842. The van der Waals surface area contributed by atoms with Crippen molar-refractivity contribution in [2.45, 2.75) is 88.6 Å². The van der Waals surface area contributed by atoms with Gasteiger partial charge in [0.1, 0.15) is 0 Å². The van der Waals surface area contributed by atoms with Crippen LogP contribution in [0.5, 0.6) is 0 Å². The van der Waals surface area contributed by atoms with Crippen molar-refractivity contribution in [1.82, 2.24) is 0 Å². The van der Waals surface area contributed by atoms with E-state index in [-0.39, 0.29) is 18.9 Å². The van der Waals surface area contributed by atoms with E-state index in [1.165, 1.54) is 69.9 Å². The smallest absolute Gasteiger partial charge is 0.535 e. The molecule has 3 rings (SSSR count). The SMILES string of the molecule is C=C=C(OC)[B-]1([C@@H]2CCCC[C@H]2C)C2CCCC1CCC2.[Li+]. The van der Waals surface area contributed by atoms with Crippen LogP contribution in [0.15, 0.2) is 18.0 Å². The Hall–Kier alpha value is -0.0177. The Balaban J connectivity index is 0.00000176. The minimum atomic E-state index is -0.571. The zero-order valence-electron chi connectivity index (χ0n) is 15.1. The molecule has 3 heteroatoms. The molecule has 0 spiro atoms. The topological polar surface area (TPSA) is 9.23 Å². The van der Waals surface area contributed by atoms with Gasteiger partial charge in [0.05, 0.1) is 13.3 Å². The third-order valence-corrected chi connectivity index (χ3v) is 7.59. The quantitative estimate of drug-likeness (QED) is 0.442. The van der Waals surface area contributed by atoms with Gasteiger partial charge in [0.15, 0.2) is 0 Å². The van der Waals surface area contributed by atoms with Crippen LogP contribution in [0.2, 0.25) is 17.5 Å². The van der Waals surface area contributed by atoms with Gasteiger partial charge in [0, 0.05) is 0 Å². The van der Waals surface area contributed by atoms with Gasteiger partial charge in [-0.1, -0.05) is 83.6 Å². The van der Waals surface area contributed by atoms with Crippen LogP contribution >= 0.6 is 0 Å². The van der Waals surface area contributed by atoms with E-state index in [1.54, 1.807) is 0 Å². The van der Waals surface area contributed by atoms with Gasteiger partial charge in [-0.2, -0.15) is 17.5 Å². The summed E-state index contributed by atoms with van der Waals surface area (Å²) in [5, 5.41) is 0. The third-order valence-electron chi connectivity index (χ3n) is 7.59. The van der Waals surface area contributed by atoms with Crippen molar-refractivity contribution >= 4 is 6.15 Å². The molecule has 2 aliphatic heterocycles. The molecule has 1 nitrogen and oxygen atoms in total. The maximum Gasteiger partial charge on any atom is 1.00 e. The Kier molecular flexibility index (Phi) is 6.41. The van der Waals surface area contributed by atoms with Crippen molar-refractivity contribution < 1.29 is 23.6 Å². The summed E-state index contributed by atoms with van der Waals surface area (Å²) in [5.74, 6) is 3.48. The molecule has 1 saturated carbocycles. The van der Waals surface area contributed by atoms with Crippen LogP contribution in [0, 0.1) is 5.92 Å². The van der Waals surface area contributed by atoms with Crippen molar-refractivity contribution in [2.24, 2.45) is 5.92 Å². The molecule has 2 heterocycles. The van der Waals surface area contributed by atoms with Crippen molar-refractivity contribution in [1.29, 1.82) is 0 Å². The first kappa shape index (κ1) is 18.3. The van der Waals surface area contributed by atoms with Crippen LogP contribution in [-0.4, -0.2) is 13.3 Å². The van der Waals surface area contributed by atoms with Gasteiger partial charge >= 0.3 is 18.9 Å². The molecule has 0 radical (unpaired) electrons. The molecule has 2 saturated heterocycles. The largest absolute Gasteiger partial charge is 1.00 e. The summed E-state index contributed by atoms with van der Waals surface area (Å²) in [5.41, 5.74) is 4.46. The molecular weight excluding hydrogens is 262 g/mol. The summed E-state index contributed by atoms with van der Waals surface area (Å²) in [7, 11) is 1.87. The van der Waals surface area contributed by atoms with Gasteiger partial charge in [-0.3, -0.25) is 0 Å². The second-order valence-corrected chi connectivity index (χ2v) is 8.13. The molecule has 3 fully saturated rings. The van der Waals surface area contributed by atoms with Crippen LogP contribution in [0.25, 0.3) is 0 Å². The number of methoxy groups -OCH3 is 1. The summed E-state index contributed by atoms with van der Waals surface area (Å²) in [6.07, 6.45) is 13.7. The summed E-state index contributed by atoms with van der Waals surface area (Å²) < 4.78 is 5.95. The Bertz CT molecular complexity index is 407. The maximum atomic E-state index is 5.95. The molecule has 118 valence electrons. The van der Waals surface area contributed by atoms with E-state index in [0.717, 1.165) is 23.4 Å². The fourth-order valence-corrected chi connectivity index (χ4v) is 7.00. The van der Waals surface area contributed by atoms with E-state index in [1.807, 2.05) is 7.11 Å². The molecule has 0 amide bonds. The normalized spacial score (nSPS) is 41.0. The zero-order chi connectivity index (χ0) is 14.9. The van der Waals surface area contributed by atoms with Crippen LogP contribution in [0.4, 0.5) is 0 Å². The average molecular weight is 294 g/mol. The van der Waals surface area contributed by atoms with Gasteiger partial charge in [0.2, 0.25) is 0 Å². The number of hydrogen-bond donors (Lipinski definition) is 0. The maximum absolute atomic E-state index is 5.95. The number of fused-ring (bicyclic) bond motifs is 2. The molecule has 0 aromatic carbocycles. The van der Waals surface area contributed by atoms with Crippen LogP contribution in [0.1, 0.15) is 71.1 Å². The molecule has 2 bridgehead atoms. The van der Waals surface area contributed by atoms with E-state index in [0.29, 0.717) is 0 Å². The standard InChI is InChI=1S/C19H32BO.Li/c1-4-19(21-3)20(18-14-6-5-9-15(18)2)16-10-7-11-17(20)13-8-12-16;/h15-18H,1,5-14H2,2-3H3;/q-1;+1/t15-,16?,17?,18-,20?;/m1./s1. The minimum Gasteiger partial charge on any atom is -0.535 e. The van der Waals surface area contributed by atoms with Gasteiger partial charge in [-0.25, -0.2) is 0 Å². The average Bonchev–Trinajstić information content (AvgIpc) is 2.48. The number of hydrogen-bond acceptors (Lipinski definition) is 1. The van der Waals surface area contributed by atoms with Crippen LogP contribution < -0.4 is 18.9 Å². The molecule has 0 unspecified atom stereocenters. The number of ether oxygens (including phenoxy) is 1. The summed E-state index contributed by atoms with van der Waals surface area (Å²) in [6.45, 7) is 6.54. The molecule has 0 N–H and O–H groups in total. The summed E-state index contributed by atoms with van der Waals surface area (Å²) in [6, 6.07) is 0. The number of rotatable bonds is 3. The monoisotopic (exact) mass is 294 g/mol. The summed E-state index contributed by atoms with van der Waals surface area (Å²) in [4.78, 5) is 0. The first-order chi connectivity index (χ1) is 10.2. The Morgan fingerprint density at radius 1 is 0.955 bits per heavy atom. The Morgan fingerprint density at radius 3 is 1.95 bits per heavy atom. The zero-order valence-corrected chi connectivity index (χ0v) is 15.1. The first-order valence-electron chi connectivity index (χ1n) is 9.36. The van der Waals surface area contributed by atoms with Gasteiger partial charge < -0.3 is 4.74 Å². The van der Waals surface area contributed by atoms with Gasteiger partial charge in [-0.15, -0.1) is 5.73 Å². The second-order valence-electron chi connectivity index (χ2n) is 8.13. The summed E-state index contributed by atoms with van der Waals surface area (Å²) >= 11 is 0. The fourth-order valence-electron chi connectivity index (χ4n) is 7.00. The van der Waals surface area contributed by atoms with Crippen LogP contribution in [-0.2, 0) is 4.74 Å². The molecule has 2 atom stereocenters. The van der Waals surface area contributed by atoms with Crippen molar-refractivity contribution in [3.05, 3.63) is 18.0 Å². The third kappa shape index (κ3) is 2.77. The van der Waals surface area contributed by atoms with E-state index >= 15 is 0 Å². The Morgan fingerprint density at radius 2 is 1.50 bits per heavy atom. The van der Waals surface area contributed by atoms with Crippen molar-refractivity contribution in [3.8, 4) is 0 Å². The Labute approximate surface area is 149 Å². The van der Waals surface area contributed by atoms with E-state index in [2.05, 4.69) is 19.2 Å². The minimum absolute atomic E-state index is 0. The molecule has 22 heavy (non-hydrogen) atoms. The van der Waals surface area contributed by atoms with E-state index in [4.69, 9.17) is 4.74 Å². The molecule has 1 aliphatic carbocycles. The van der Waals surface area contributed by atoms with Crippen molar-refractivity contribution in [3.63, 3.8) is 0 Å². The first-order valence-corrected chi connectivity index (χ1v) is 9.36. The van der Waals surface area contributed by atoms with Gasteiger partial charge in [-0.05, 0) is 5.66 Å². The molecule has 3 aliphatic rings. The molecule has 0 aromatic heterocycles. The van der Waals surface area contributed by atoms with Gasteiger partial charge in [0.25, 0.3) is 0 Å². The van der Waals surface area contributed by atoms with E-state index in [9.17, 15) is 0 Å². The van der Waals surface area contributed by atoms with E-state index < -0.39 is 6.15 Å². The molecular formula is C19H32BLiO. The predicted molar refractivity (Wildman–Crippen MR) is 92.0 cm³/mol. The molecule has 0 aromatic rings. The predicted octanol–water partition coefficient (Wildman–Crippen LogP) is 2.98. The second kappa shape index (κ2) is 7.70. The van der Waals surface area contributed by atoms with Crippen LogP contribution in [0.3, 0.4) is 0 Å². The van der Waals surface area contributed by atoms with Crippen molar-refractivity contribution in [2.75, 3.05) is 7.11 Å².